The Morgan fingerprint density at radius 1 is 1.08 bits per heavy atom. The Morgan fingerprint density at radius 2 is 1.69 bits per heavy atom. The first-order valence-corrected chi connectivity index (χ1v) is 6.67. The maximum atomic E-state index is 11.3. The normalized spacial score (nSPS) is 32.8. The fourth-order valence-electron chi connectivity index (χ4n) is 3.01. The summed E-state index contributed by atoms with van der Waals surface area (Å²) < 4.78 is 22.5. The largest absolute Gasteiger partial charge is 0.228 e. The Labute approximate surface area is 79.7 Å². The molecule has 0 aromatic rings. The first kappa shape index (κ1) is 9.46. The lowest BCUT2D eigenvalue weighted by Crippen LogP contribution is -2.52. The van der Waals surface area contributed by atoms with Crippen LogP contribution in [0, 0.1) is 5.41 Å². The Hall–Kier alpha value is -0.0900. The molecule has 3 nitrogen and oxygen atoms in total. The van der Waals surface area contributed by atoms with Crippen molar-refractivity contribution in [2.24, 2.45) is 10.6 Å². The maximum absolute atomic E-state index is 11.3. The zero-order valence-electron chi connectivity index (χ0n) is 7.83. The molecule has 0 aliphatic heterocycles. The van der Waals surface area contributed by atoms with Gasteiger partial charge in [0.25, 0.3) is 0 Å². The molecule has 0 aromatic carbocycles. The Bertz CT molecular complexity index is 291. The Balaban J connectivity index is 2.16. The minimum Gasteiger partial charge on any atom is -0.228 e. The lowest BCUT2D eigenvalue weighted by Gasteiger charge is -2.50. The highest BCUT2D eigenvalue weighted by atomic mass is 32.2. The average molecular weight is 203 g/mol. The molecule has 1 spiro atoms. The standard InChI is InChI=1S/C9H17NO2S/c10-13(11,12)8-4-7-9(8)5-2-1-3-6-9/h8H,1-7H2,(H2,10,11,12). The van der Waals surface area contributed by atoms with E-state index in [1.807, 2.05) is 0 Å². The molecule has 13 heavy (non-hydrogen) atoms. The third kappa shape index (κ3) is 1.50. The van der Waals surface area contributed by atoms with Crippen molar-refractivity contribution < 1.29 is 8.42 Å². The molecule has 2 aliphatic carbocycles. The second-order valence-electron chi connectivity index (χ2n) is 4.54. The molecule has 2 aliphatic rings. The zero-order chi connectivity index (χ0) is 9.53. The van der Waals surface area contributed by atoms with E-state index in [9.17, 15) is 8.42 Å². The second kappa shape index (κ2) is 2.95. The van der Waals surface area contributed by atoms with E-state index in [4.69, 9.17) is 5.14 Å². The van der Waals surface area contributed by atoms with E-state index in [2.05, 4.69) is 0 Å². The summed E-state index contributed by atoms with van der Waals surface area (Å²) in [6.07, 6.45) is 7.66. The van der Waals surface area contributed by atoms with E-state index >= 15 is 0 Å². The Morgan fingerprint density at radius 3 is 2.08 bits per heavy atom. The molecule has 0 bridgehead atoms. The quantitative estimate of drug-likeness (QED) is 0.700. The van der Waals surface area contributed by atoms with Gasteiger partial charge in [-0.15, -0.1) is 0 Å². The average Bonchev–Trinajstić information content (AvgIpc) is 2.01. The van der Waals surface area contributed by atoms with Crippen molar-refractivity contribution in [3.8, 4) is 0 Å². The van der Waals surface area contributed by atoms with Crippen LogP contribution >= 0.6 is 0 Å². The lowest BCUT2D eigenvalue weighted by atomic mass is 9.60. The number of primary sulfonamides is 1. The summed E-state index contributed by atoms with van der Waals surface area (Å²) >= 11 is 0. The van der Waals surface area contributed by atoms with Crippen molar-refractivity contribution in [1.29, 1.82) is 0 Å². The highest BCUT2D eigenvalue weighted by Gasteiger charge is 2.52. The van der Waals surface area contributed by atoms with Gasteiger partial charge in [-0.1, -0.05) is 19.3 Å². The minimum atomic E-state index is -3.27. The van der Waals surface area contributed by atoms with Gasteiger partial charge in [0, 0.05) is 0 Å². The lowest BCUT2D eigenvalue weighted by molar-refractivity contribution is 0.0830. The van der Waals surface area contributed by atoms with Crippen LogP contribution < -0.4 is 5.14 Å². The van der Waals surface area contributed by atoms with E-state index in [1.165, 1.54) is 19.3 Å². The maximum Gasteiger partial charge on any atom is 0.212 e. The monoisotopic (exact) mass is 203 g/mol. The molecule has 0 radical (unpaired) electrons. The van der Waals surface area contributed by atoms with Crippen molar-refractivity contribution in [3.05, 3.63) is 0 Å². The van der Waals surface area contributed by atoms with Gasteiger partial charge in [0.05, 0.1) is 5.25 Å². The molecule has 76 valence electrons. The fourth-order valence-corrected chi connectivity index (χ4v) is 4.51. The topological polar surface area (TPSA) is 60.2 Å². The van der Waals surface area contributed by atoms with Gasteiger partial charge < -0.3 is 0 Å². The Kier molecular flexibility index (Phi) is 2.15. The van der Waals surface area contributed by atoms with Crippen LogP contribution in [0.4, 0.5) is 0 Å². The summed E-state index contributed by atoms with van der Waals surface area (Å²) in [5, 5.41) is 5.00. The van der Waals surface area contributed by atoms with E-state index in [1.54, 1.807) is 0 Å². The van der Waals surface area contributed by atoms with Crippen LogP contribution in [0.5, 0.6) is 0 Å². The first-order valence-electron chi connectivity index (χ1n) is 5.06. The van der Waals surface area contributed by atoms with E-state index in [-0.39, 0.29) is 10.7 Å². The van der Waals surface area contributed by atoms with Gasteiger partial charge in [-0.05, 0) is 31.1 Å². The minimum absolute atomic E-state index is 0.0891. The van der Waals surface area contributed by atoms with Gasteiger partial charge in [0.15, 0.2) is 0 Å². The SMILES string of the molecule is NS(=O)(=O)C1CCC12CCCCC2. The smallest absolute Gasteiger partial charge is 0.212 e. The molecule has 1 unspecified atom stereocenters. The number of sulfonamides is 1. The van der Waals surface area contributed by atoms with Crippen LogP contribution in [-0.4, -0.2) is 13.7 Å². The molecule has 2 saturated carbocycles. The molecular weight excluding hydrogens is 186 g/mol. The number of nitrogens with two attached hydrogens (primary N) is 1. The molecule has 0 saturated heterocycles. The molecule has 2 rings (SSSR count). The molecular formula is C9H17NO2S. The summed E-state index contributed by atoms with van der Waals surface area (Å²) in [6.45, 7) is 0. The van der Waals surface area contributed by atoms with E-state index in [0.717, 1.165) is 25.7 Å². The summed E-state index contributed by atoms with van der Waals surface area (Å²) in [4.78, 5) is 0. The highest BCUT2D eigenvalue weighted by Crippen LogP contribution is 2.53. The summed E-state index contributed by atoms with van der Waals surface area (Å²) in [5.41, 5.74) is 0.0891. The van der Waals surface area contributed by atoms with Crippen molar-refractivity contribution in [3.63, 3.8) is 0 Å². The van der Waals surface area contributed by atoms with Crippen molar-refractivity contribution in [1.82, 2.24) is 0 Å². The summed E-state index contributed by atoms with van der Waals surface area (Å²) in [6, 6.07) is 0. The van der Waals surface area contributed by atoms with E-state index < -0.39 is 10.0 Å². The fraction of sp³-hybridized carbons (Fsp3) is 1.00. The molecule has 2 fully saturated rings. The molecule has 2 N–H and O–H groups in total. The van der Waals surface area contributed by atoms with Crippen LogP contribution in [0.3, 0.4) is 0 Å². The van der Waals surface area contributed by atoms with Crippen LogP contribution in [0.2, 0.25) is 0 Å². The van der Waals surface area contributed by atoms with Gasteiger partial charge in [-0.3, -0.25) is 0 Å². The summed E-state index contributed by atoms with van der Waals surface area (Å²) in [7, 11) is -3.27. The third-order valence-corrected chi connectivity index (χ3v) is 5.36. The first-order chi connectivity index (χ1) is 6.05. The van der Waals surface area contributed by atoms with Crippen LogP contribution in [-0.2, 0) is 10.0 Å². The predicted molar refractivity (Wildman–Crippen MR) is 51.6 cm³/mol. The third-order valence-electron chi connectivity index (χ3n) is 3.83. The number of hydrogen-bond acceptors (Lipinski definition) is 2. The van der Waals surface area contributed by atoms with Crippen molar-refractivity contribution in [2.45, 2.75) is 50.2 Å². The van der Waals surface area contributed by atoms with E-state index in [0.29, 0.717) is 0 Å². The van der Waals surface area contributed by atoms with Crippen molar-refractivity contribution in [2.75, 3.05) is 0 Å². The second-order valence-corrected chi connectivity index (χ2v) is 6.29. The molecule has 1 atom stereocenters. The summed E-state index contributed by atoms with van der Waals surface area (Å²) in [5.74, 6) is 0. The number of rotatable bonds is 1. The van der Waals surface area contributed by atoms with Crippen LogP contribution in [0.15, 0.2) is 0 Å². The molecule has 0 aromatic heterocycles. The number of hydrogen-bond donors (Lipinski definition) is 1. The molecule has 0 amide bonds. The van der Waals surface area contributed by atoms with Crippen molar-refractivity contribution >= 4 is 10.0 Å². The van der Waals surface area contributed by atoms with Gasteiger partial charge in [0.1, 0.15) is 0 Å². The van der Waals surface area contributed by atoms with Gasteiger partial charge in [-0.2, -0.15) is 0 Å². The molecule has 4 heteroatoms. The van der Waals surface area contributed by atoms with Gasteiger partial charge >= 0.3 is 0 Å². The highest BCUT2D eigenvalue weighted by molar-refractivity contribution is 7.89. The predicted octanol–water partition coefficient (Wildman–Crippen LogP) is 1.39. The molecule has 0 heterocycles. The van der Waals surface area contributed by atoms with Gasteiger partial charge in [-0.25, -0.2) is 13.6 Å². The van der Waals surface area contributed by atoms with Crippen LogP contribution in [0.25, 0.3) is 0 Å². The van der Waals surface area contributed by atoms with Gasteiger partial charge in [0.2, 0.25) is 10.0 Å². The zero-order valence-corrected chi connectivity index (χ0v) is 8.65. The van der Waals surface area contributed by atoms with Crippen LogP contribution in [0.1, 0.15) is 44.9 Å².